The normalized spacial score (nSPS) is 10.7. The minimum atomic E-state index is -0.567. The molecule has 0 spiro atoms. The SMILES string of the molecule is O=C(COc1ccccc1[N+](=O)[O-])Nc1ccccc1-c1nc2cc(Cl)ccc2o1. The molecule has 4 aromatic rings. The molecule has 1 aromatic heterocycles. The average molecular weight is 424 g/mol. The van der Waals surface area contributed by atoms with Gasteiger partial charge in [-0.25, -0.2) is 4.98 Å². The number of nitro groups is 1. The summed E-state index contributed by atoms with van der Waals surface area (Å²) in [5.74, 6) is -0.149. The number of hydrogen-bond donors (Lipinski definition) is 1. The molecule has 0 bridgehead atoms. The van der Waals surface area contributed by atoms with Crippen LogP contribution in [-0.4, -0.2) is 22.4 Å². The van der Waals surface area contributed by atoms with E-state index < -0.39 is 17.4 Å². The van der Waals surface area contributed by atoms with Crippen LogP contribution >= 0.6 is 11.6 Å². The van der Waals surface area contributed by atoms with Crippen molar-refractivity contribution in [2.75, 3.05) is 11.9 Å². The Balaban J connectivity index is 1.53. The van der Waals surface area contributed by atoms with Crippen LogP contribution in [0.15, 0.2) is 71.1 Å². The summed E-state index contributed by atoms with van der Waals surface area (Å²) in [5.41, 5.74) is 1.99. The Kier molecular flexibility index (Phi) is 5.32. The lowest BCUT2D eigenvalue weighted by molar-refractivity contribution is -0.385. The molecule has 0 aliphatic heterocycles. The van der Waals surface area contributed by atoms with Gasteiger partial charge in [-0.05, 0) is 36.4 Å². The molecule has 30 heavy (non-hydrogen) atoms. The fourth-order valence-corrected chi connectivity index (χ4v) is 3.02. The maximum atomic E-state index is 12.4. The number of nitro benzene ring substituents is 1. The van der Waals surface area contributed by atoms with E-state index in [1.165, 1.54) is 18.2 Å². The Labute approximate surface area is 175 Å². The summed E-state index contributed by atoms with van der Waals surface area (Å²) >= 11 is 6.00. The molecule has 0 atom stereocenters. The number of aromatic nitrogens is 1. The van der Waals surface area contributed by atoms with Gasteiger partial charge in [0, 0.05) is 11.1 Å². The first-order chi connectivity index (χ1) is 14.5. The van der Waals surface area contributed by atoms with Crippen LogP contribution in [0.5, 0.6) is 5.75 Å². The Bertz CT molecular complexity index is 1250. The number of carbonyl (C=O) groups is 1. The van der Waals surface area contributed by atoms with Crippen molar-refractivity contribution in [3.05, 3.63) is 81.9 Å². The molecule has 4 rings (SSSR count). The summed E-state index contributed by atoms with van der Waals surface area (Å²) in [6.07, 6.45) is 0. The average Bonchev–Trinajstić information content (AvgIpc) is 3.15. The molecule has 1 N–H and O–H groups in total. The highest BCUT2D eigenvalue weighted by Gasteiger charge is 2.17. The Morgan fingerprint density at radius 3 is 2.73 bits per heavy atom. The van der Waals surface area contributed by atoms with Crippen LogP contribution in [0.4, 0.5) is 11.4 Å². The van der Waals surface area contributed by atoms with E-state index in [1.807, 2.05) is 0 Å². The summed E-state index contributed by atoms with van der Waals surface area (Å²) in [4.78, 5) is 27.3. The van der Waals surface area contributed by atoms with E-state index >= 15 is 0 Å². The number of rotatable bonds is 6. The standard InChI is InChI=1S/C21H14ClN3O5/c22-13-9-10-18-16(11-13)24-21(30-18)14-5-1-2-6-15(14)23-20(26)12-29-19-8-4-3-7-17(19)25(27)28/h1-11H,12H2,(H,23,26). The van der Waals surface area contributed by atoms with Crippen LogP contribution < -0.4 is 10.1 Å². The minimum Gasteiger partial charge on any atom is -0.477 e. The summed E-state index contributed by atoms with van der Waals surface area (Å²) in [6.45, 7) is -0.400. The molecular weight excluding hydrogens is 410 g/mol. The molecule has 0 saturated carbocycles. The van der Waals surface area contributed by atoms with Crippen molar-refractivity contribution in [3.63, 3.8) is 0 Å². The largest absolute Gasteiger partial charge is 0.477 e. The van der Waals surface area contributed by atoms with Crippen molar-refractivity contribution in [2.45, 2.75) is 0 Å². The van der Waals surface area contributed by atoms with E-state index in [1.54, 1.807) is 48.5 Å². The third-order valence-corrected chi connectivity index (χ3v) is 4.44. The molecule has 3 aromatic carbocycles. The molecule has 0 saturated heterocycles. The molecular formula is C21H14ClN3O5. The maximum absolute atomic E-state index is 12.4. The molecule has 0 unspecified atom stereocenters. The van der Waals surface area contributed by atoms with Gasteiger partial charge in [-0.15, -0.1) is 0 Å². The Hall–Kier alpha value is -3.91. The van der Waals surface area contributed by atoms with E-state index in [4.69, 9.17) is 20.8 Å². The highest BCUT2D eigenvalue weighted by Crippen LogP contribution is 2.31. The van der Waals surface area contributed by atoms with Crippen LogP contribution in [-0.2, 0) is 4.79 Å². The summed E-state index contributed by atoms with van der Waals surface area (Å²) < 4.78 is 11.1. The van der Waals surface area contributed by atoms with Crippen LogP contribution in [0.3, 0.4) is 0 Å². The zero-order valence-corrected chi connectivity index (χ0v) is 16.1. The first-order valence-electron chi connectivity index (χ1n) is 8.83. The first-order valence-corrected chi connectivity index (χ1v) is 9.20. The number of amides is 1. The quantitative estimate of drug-likeness (QED) is 0.342. The van der Waals surface area contributed by atoms with Gasteiger partial charge >= 0.3 is 5.69 Å². The van der Waals surface area contributed by atoms with Gasteiger partial charge in [0.25, 0.3) is 5.91 Å². The van der Waals surface area contributed by atoms with Crippen molar-refractivity contribution in [1.82, 2.24) is 4.98 Å². The Morgan fingerprint density at radius 2 is 1.90 bits per heavy atom. The van der Waals surface area contributed by atoms with E-state index in [2.05, 4.69) is 10.3 Å². The van der Waals surface area contributed by atoms with Gasteiger partial charge < -0.3 is 14.5 Å². The zero-order chi connectivity index (χ0) is 21.1. The van der Waals surface area contributed by atoms with E-state index in [-0.39, 0.29) is 11.4 Å². The number of oxazole rings is 1. The molecule has 8 nitrogen and oxygen atoms in total. The van der Waals surface area contributed by atoms with Crippen molar-refractivity contribution >= 4 is 40.0 Å². The predicted molar refractivity (Wildman–Crippen MR) is 112 cm³/mol. The second kappa shape index (κ2) is 8.22. The van der Waals surface area contributed by atoms with Gasteiger partial charge in [0.1, 0.15) is 5.52 Å². The van der Waals surface area contributed by atoms with E-state index in [0.717, 1.165) is 0 Å². The zero-order valence-electron chi connectivity index (χ0n) is 15.4. The molecule has 150 valence electrons. The summed E-state index contributed by atoms with van der Waals surface area (Å²) in [6, 6.07) is 18.0. The van der Waals surface area contributed by atoms with E-state index in [0.29, 0.717) is 33.3 Å². The number of hydrogen-bond acceptors (Lipinski definition) is 6. The Morgan fingerprint density at radius 1 is 1.13 bits per heavy atom. The highest BCUT2D eigenvalue weighted by molar-refractivity contribution is 6.31. The second-order valence-corrected chi connectivity index (χ2v) is 6.67. The van der Waals surface area contributed by atoms with Crippen molar-refractivity contribution < 1.29 is 18.9 Å². The molecule has 0 radical (unpaired) electrons. The van der Waals surface area contributed by atoms with Crippen molar-refractivity contribution in [1.29, 1.82) is 0 Å². The van der Waals surface area contributed by atoms with Gasteiger partial charge in [0.2, 0.25) is 5.89 Å². The van der Waals surface area contributed by atoms with Crippen LogP contribution in [0.25, 0.3) is 22.6 Å². The lowest BCUT2D eigenvalue weighted by Crippen LogP contribution is -2.20. The van der Waals surface area contributed by atoms with Gasteiger partial charge in [-0.1, -0.05) is 35.9 Å². The van der Waals surface area contributed by atoms with Crippen LogP contribution in [0.1, 0.15) is 0 Å². The number of nitrogens with one attached hydrogen (secondary N) is 1. The first kappa shape index (κ1) is 19.4. The van der Waals surface area contributed by atoms with E-state index in [9.17, 15) is 14.9 Å². The molecule has 0 fully saturated rings. The lowest BCUT2D eigenvalue weighted by atomic mass is 10.1. The fourth-order valence-electron chi connectivity index (χ4n) is 2.85. The van der Waals surface area contributed by atoms with Crippen LogP contribution in [0, 0.1) is 10.1 Å². The topological polar surface area (TPSA) is 108 Å². The second-order valence-electron chi connectivity index (χ2n) is 6.24. The van der Waals surface area contributed by atoms with Gasteiger partial charge in [-0.2, -0.15) is 0 Å². The summed E-state index contributed by atoms with van der Waals surface area (Å²) in [5, 5.41) is 14.3. The monoisotopic (exact) mass is 423 g/mol. The van der Waals surface area contributed by atoms with Gasteiger partial charge in [-0.3, -0.25) is 14.9 Å². The number of nitrogens with zero attached hydrogens (tertiary/aromatic N) is 2. The van der Waals surface area contributed by atoms with Crippen molar-refractivity contribution in [3.8, 4) is 17.2 Å². The number of carbonyl (C=O) groups excluding carboxylic acids is 1. The number of ether oxygens (including phenoxy) is 1. The highest BCUT2D eigenvalue weighted by atomic mass is 35.5. The predicted octanol–water partition coefficient (Wildman–Crippen LogP) is 5.07. The number of benzene rings is 3. The number of halogens is 1. The van der Waals surface area contributed by atoms with Gasteiger partial charge in [0.05, 0.1) is 16.2 Å². The van der Waals surface area contributed by atoms with Crippen LogP contribution in [0.2, 0.25) is 5.02 Å². The minimum absolute atomic E-state index is 0.0155. The fraction of sp³-hybridized carbons (Fsp3) is 0.0476. The molecule has 0 aliphatic rings. The molecule has 1 heterocycles. The third kappa shape index (κ3) is 4.08. The third-order valence-electron chi connectivity index (χ3n) is 4.20. The molecule has 1 amide bonds. The summed E-state index contributed by atoms with van der Waals surface area (Å²) in [7, 11) is 0. The number of para-hydroxylation sites is 3. The maximum Gasteiger partial charge on any atom is 0.310 e. The molecule has 0 aliphatic carbocycles. The number of fused-ring (bicyclic) bond motifs is 1. The number of anilines is 1. The lowest BCUT2D eigenvalue weighted by Gasteiger charge is -2.10. The molecule has 9 heteroatoms. The van der Waals surface area contributed by atoms with Gasteiger partial charge in [0.15, 0.2) is 17.9 Å². The van der Waals surface area contributed by atoms with Crippen molar-refractivity contribution in [2.24, 2.45) is 0 Å². The smallest absolute Gasteiger partial charge is 0.310 e.